The van der Waals surface area contributed by atoms with Gasteiger partial charge in [0.2, 0.25) is 0 Å². The molecule has 0 aliphatic carbocycles. The van der Waals surface area contributed by atoms with Gasteiger partial charge in [-0.2, -0.15) is 0 Å². The second-order valence-corrected chi connectivity index (χ2v) is 6.48. The molecule has 1 saturated heterocycles. The number of hydrogen-bond donors (Lipinski definition) is 0. The van der Waals surface area contributed by atoms with Gasteiger partial charge in [-0.25, -0.2) is 4.39 Å². The smallest absolute Gasteiger partial charge is 0.184 e. The fraction of sp³-hybridized carbons (Fsp3) is 0.429. The summed E-state index contributed by atoms with van der Waals surface area (Å²) in [6.07, 6.45) is 1.85. The molecule has 134 valence electrons. The molecule has 1 fully saturated rings. The lowest BCUT2D eigenvalue weighted by atomic mass is 9.97. The van der Waals surface area contributed by atoms with Crippen LogP contribution in [0.2, 0.25) is 0 Å². The lowest BCUT2D eigenvalue weighted by Gasteiger charge is -2.30. The van der Waals surface area contributed by atoms with Crippen molar-refractivity contribution in [2.75, 3.05) is 20.3 Å². The first-order chi connectivity index (χ1) is 12.2. The minimum absolute atomic E-state index is 0.261. The Hall–Kier alpha value is -1.75. The topological polar surface area (TPSA) is 27.7 Å². The third-order valence-corrected chi connectivity index (χ3v) is 4.54. The maximum absolute atomic E-state index is 14.3. The second-order valence-electron chi connectivity index (χ2n) is 6.48. The van der Waals surface area contributed by atoms with E-state index in [0.29, 0.717) is 24.7 Å². The van der Waals surface area contributed by atoms with Gasteiger partial charge in [-0.15, -0.1) is 0 Å². The van der Waals surface area contributed by atoms with E-state index in [1.807, 2.05) is 30.3 Å². The molecule has 0 unspecified atom stereocenters. The number of ether oxygens (including phenoxy) is 3. The zero-order chi connectivity index (χ0) is 17.6. The summed E-state index contributed by atoms with van der Waals surface area (Å²) in [5.41, 5.74) is 3.24. The normalized spacial score (nSPS) is 20.6. The second kappa shape index (κ2) is 8.56. The molecule has 1 heterocycles. The lowest BCUT2D eigenvalue weighted by Crippen LogP contribution is -2.27. The van der Waals surface area contributed by atoms with Gasteiger partial charge < -0.3 is 14.2 Å². The first-order valence-electron chi connectivity index (χ1n) is 8.82. The van der Waals surface area contributed by atoms with Crippen LogP contribution < -0.4 is 0 Å². The number of rotatable bonds is 6. The van der Waals surface area contributed by atoms with E-state index in [1.165, 1.54) is 0 Å². The Morgan fingerprint density at radius 3 is 2.56 bits per heavy atom. The van der Waals surface area contributed by atoms with Crippen LogP contribution >= 0.6 is 0 Å². The highest BCUT2D eigenvalue weighted by Crippen LogP contribution is 2.34. The molecule has 1 aliphatic rings. The Labute approximate surface area is 148 Å². The maximum atomic E-state index is 14.3. The largest absolute Gasteiger partial charge is 0.380 e. The summed E-state index contributed by atoms with van der Waals surface area (Å²) in [7, 11) is 1.56. The summed E-state index contributed by atoms with van der Waals surface area (Å²) < 4.78 is 31.2. The number of halogens is 1. The highest BCUT2D eigenvalue weighted by atomic mass is 19.1. The molecule has 0 amide bonds. The van der Waals surface area contributed by atoms with Crippen molar-refractivity contribution >= 4 is 0 Å². The van der Waals surface area contributed by atoms with E-state index in [0.717, 1.165) is 29.5 Å². The average Bonchev–Trinajstić information content (AvgIpc) is 2.64. The molecule has 0 bridgehead atoms. The van der Waals surface area contributed by atoms with Gasteiger partial charge in [-0.3, -0.25) is 0 Å². The highest BCUT2D eigenvalue weighted by molar-refractivity contribution is 5.68. The SMILES string of the molecule is CCCC1COC(c2ccccc2-c2ccc(COC)c(F)c2)OC1. The molecule has 0 radical (unpaired) electrons. The monoisotopic (exact) mass is 344 g/mol. The quantitative estimate of drug-likeness (QED) is 0.729. The predicted octanol–water partition coefficient (Wildman–Crippen LogP) is 5.10. The van der Waals surface area contributed by atoms with E-state index in [9.17, 15) is 4.39 Å². The van der Waals surface area contributed by atoms with Crippen molar-refractivity contribution in [3.05, 3.63) is 59.4 Å². The molecule has 4 heteroatoms. The van der Waals surface area contributed by atoms with Crippen LogP contribution in [0.4, 0.5) is 4.39 Å². The number of benzene rings is 2. The van der Waals surface area contributed by atoms with Crippen LogP contribution in [0.1, 0.15) is 37.2 Å². The summed E-state index contributed by atoms with van der Waals surface area (Å²) in [4.78, 5) is 0. The molecular formula is C21H25FO3. The minimum atomic E-state index is -0.397. The number of hydrogen-bond acceptors (Lipinski definition) is 3. The van der Waals surface area contributed by atoms with E-state index in [1.54, 1.807) is 19.2 Å². The summed E-state index contributed by atoms with van der Waals surface area (Å²) in [6, 6.07) is 13.1. The molecule has 3 nitrogen and oxygen atoms in total. The van der Waals surface area contributed by atoms with E-state index < -0.39 is 6.29 Å². The van der Waals surface area contributed by atoms with Gasteiger partial charge in [0.15, 0.2) is 6.29 Å². The zero-order valence-corrected chi connectivity index (χ0v) is 14.8. The molecule has 0 saturated carbocycles. The summed E-state index contributed by atoms with van der Waals surface area (Å²) >= 11 is 0. The fourth-order valence-corrected chi connectivity index (χ4v) is 3.25. The van der Waals surface area contributed by atoms with Crippen LogP contribution in [0.5, 0.6) is 0 Å². The molecule has 0 aromatic heterocycles. The Kier molecular flexibility index (Phi) is 6.19. The molecular weight excluding hydrogens is 319 g/mol. The van der Waals surface area contributed by atoms with Gasteiger partial charge in [-0.05, 0) is 23.6 Å². The molecule has 2 aromatic rings. The first-order valence-corrected chi connectivity index (χ1v) is 8.82. The number of methoxy groups -OCH3 is 1. The van der Waals surface area contributed by atoms with E-state index in [2.05, 4.69) is 6.92 Å². The lowest BCUT2D eigenvalue weighted by molar-refractivity contribution is -0.205. The van der Waals surface area contributed by atoms with Crippen molar-refractivity contribution in [2.45, 2.75) is 32.7 Å². The van der Waals surface area contributed by atoms with Crippen molar-refractivity contribution in [3.63, 3.8) is 0 Å². The summed E-state index contributed by atoms with van der Waals surface area (Å²) in [5.74, 6) is 0.196. The van der Waals surface area contributed by atoms with Gasteiger partial charge in [0, 0.05) is 24.2 Å². The molecule has 3 rings (SSSR count). The van der Waals surface area contributed by atoms with Gasteiger partial charge in [0.05, 0.1) is 19.8 Å². The van der Waals surface area contributed by atoms with Crippen LogP contribution in [0, 0.1) is 11.7 Å². The van der Waals surface area contributed by atoms with Crippen LogP contribution in [0.25, 0.3) is 11.1 Å². The van der Waals surface area contributed by atoms with Crippen LogP contribution in [0.15, 0.2) is 42.5 Å². The first kappa shape index (κ1) is 18.1. The molecule has 0 N–H and O–H groups in total. The van der Waals surface area contributed by atoms with Crippen LogP contribution in [-0.4, -0.2) is 20.3 Å². The van der Waals surface area contributed by atoms with Crippen molar-refractivity contribution < 1.29 is 18.6 Å². The van der Waals surface area contributed by atoms with E-state index in [4.69, 9.17) is 14.2 Å². The van der Waals surface area contributed by atoms with Crippen molar-refractivity contribution in [2.24, 2.45) is 5.92 Å². The van der Waals surface area contributed by atoms with Crippen molar-refractivity contribution in [1.82, 2.24) is 0 Å². The maximum Gasteiger partial charge on any atom is 0.184 e. The standard InChI is InChI=1S/C21H25FO3/c1-3-6-15-12-24-21(25-13-15)19-8-5-4-7-18(19)16-9-10-17(14-23-2)20(22)11-16/h4-5,7-11,15,21H,3,6,12-14H2,1-2H3. The fourth-order valence-electron chi connectivity index (χ4n) is 3.25. The van der Waals surface area contributed by atoms with Gasteiger partial charge in [-0.1, -0.05) is 49.7 Å². The molecule has 0 spiro atoms. The van der Waals surface area contributed by atoms with Crippen molar-refractivity contribution in [1.29, 1.82) is 0 Å². The van der Waals surface area contributed by atoms with E-state index >= 15 is 0 Å². The van der Waals surface area contributed by atoms with E-state index in [-0.39, 0.29) is 12.4 Å². The third-order valence-electron chi connectivity index (χ3n) is 4.54. The molecule has 1 aliphatic heterocycles. The Balaban J connectivity index is 1.83. The Morgan fingerprint density at radius 2 is 1.88 bits per heavy atom. The van der Waals surface area contributed by atoms with Gasteiger partial charge in [0.1, 0.15) is 5.82 Å². The average molecular weight is 344 g/mol. The Bertz CT molecular complexity index is 693. The van der Waals surface area contributed by atoms with Crippen molar-refractivity contribution in [3.8, 4) is 11.1 Å². The molecule has 2 aromatic carbocycles. The zero-order valence-electron chi connectivity index (χ0n) is 14.8. The van der Waals surface area contributed by atoms with Gasteiger partial charge >= 0.3 is 0 Å². The Morgan fingerprint density at radius 1 is 1.12 bits per heavy atom. The summed E-state index contributed by atoms with van der Waals surface area (Å²) in [5, 5.41) is 0. The third kappa shape index (κ3) is 4.27. The van der Waals surface area contributed by atoms with Crippen LogP contribution in [0.3, 0.4) is 0 Å². The highest BCUT2D eigenvalue weighted by Gasteiger charge is 2.25. The molecule has 25 heavy (non-hydrogen) atoms. The summed E-state index contributed by atoms with van der Waals surface area (Å²) in [6.45, 7) is 3.84. The minimum Gasteiger partial charge on any atom is -0.380 e. The molecule has 0 atom stereocenters. The van der Waals surface area contributed by atoms with Crippen LogP contribution in [-0.2, 0) is 20.8 Å². The van der Waals surface area contributed by atoms with Gasteiger partial charge in [0.25, 0.3) is 0 Å². The predicted molar refractivity (Wildman–Crippen MR) is 95.6 cm³/mol.